The van der Waals surface area contributed by atoms with E-state index in [2.05, 4.69) is 16.0 Å². The summed E-state index contributed by atoms with van der Waals surface area (Å²) in [5, 5.41) is 9.53. The van der Waals surface area contributed by atoms with Gasteiger partial charge in [0.25, 0.3) is 0 Å². The van der Waals surface area contributed by atoms with Crippen molar-refractivity contribution in [2.24, 2.45) is 5.92 Å². The third kappa shape index (κ3) is 6.37. The molecule has 2 aliphatic rings. The number of hydrogen-bond acceptors (Lipinski definition) is 4. The van der Waals surface area contributed by atoms with Crippen LogP contribution in [0.3, 0.4) is 0 Å². The Labute approximate surface area is 139 Å². The first-order valence-electron chi connectivity index (χ1n) is 8.83. The quantitative estimate of drug-likeness (QED) is 0.738. The molecule has 23 heavy (non-hydrogen) atoms. The molecule has 6 nitrogen and oxygen atoms in total. The fraction of sp³-hybridized carbons (Fsp3) is 0.882. The van der Waals surface area contributed by atoms with Crippen molar-refractivity contribution in [1.29, 1.82) is 0 Å². The fourth-order valence-corrected chi connectivity index (χ4v) is 3.38. The molecule has 1 saturated carbocycles. The van der Waals surface area contributed by atoms with E-state index in [1.807, 2.05) is 20.8 Å². The first-order valence-corrected chi connectivity index (χ1v) is 8.83. The van der Waals surface area contributed by atoms with E-state index in [0.29, 0.717) is 37.5 Å². The molecule has 0 aromatic rings. The van der Waals surface area contributed by atoms with E-state index in [1.165, 1.54) is 12.8 Å². The number of carbonyl (C=O) groups is 2. The van der Waals surface area contributed by atoms with Crippen LogP contribution in [0.25, 0.3) is 0 Å². The van der Waals surface area contributed by atoms with E-state index >= 15 is 0 Å². The second-order valence-corrected chi connectivity index (χ2v) is 7.74. The van der Waals surface area contributed by atoms with Gasteiger partial charge in [0.2, 0.25) is 5.91 Å². The summed E-state index contributed by atoms with van der Waals surface area (Å²) in [4.78, 5) is 23.1. The zero-order chi connectivity index (χ0) is 16.9. The van der Waals surface area contributed by atoms with Crippen LogP contribution in [0.1, 0.15) is 59.3 Å². The molecule has 2 amide bonds. The number of ether oxygens (including phenoxy) is 1. The first kappa shape index (κ1) is 18.0. The maximum atomic E-state index is 11.8. The van der Waals surface area contributed by atoms with Crippen molar-refractivity contribution >= 4 is 12.0 Å². The topological polar surface area (TPSA) is 79.5 Å². The number of carbonyl (C=O) groups excluding carboxylic acids is 2. The van der Waals surface area contributed by atoms with E-state index in [-0.39, 0.29) is 12.0 Å². The van der Waals surface area contributed by atoms with Gasteiger partial charge in [-0.3, -0.25) is 4.79 Å². The van der Waals surface area contributed by atoms with Gasteiger partial charge in [-0.2, -0.15) is 0 Å². The fourth-order valence-electron chi connectivity index (χ4n) is 3.38. The number of amides is 2. The molecule has 0 bridgehead atoms. The molecule has 3 N–H and O–H groups in total. The predicted molar refractivity (Wildman–Crippen MR) is 89.2 cm³/mol. The monoisotopic (exact) mass is 325 g/mol. The molecule has 0 aromatic carbocycles. The van der Waals surface area contributed by atoms with Crippen LogP contribution in [-0.2, 0) is 9.53 Å². The van der Waals surface area contributed by atoms with Crippen LogP contribution in [0, 0.1) is 5.92 Å². The van der Waals surface area contributed by atoms with Crippen molar-refractivity contribution in [3.8, 4) is 0 Å². The highest BCUT2D eigenvalue weighted by Crippen LogP contribution is 2.25. The molecule has 3 unspecified atom stereocenters. The van der Waals surface area contributed by atoms with Gasteiger partial charge in [0, 0.05) is 31.6 Å². The standard InChI is InChI=1S/C17H31N3O3/c1-17(2,3)23-16(22)19-10-12-6-4-5-7-14(12)20-13-8-9-15(21)18-11-13/h12-14,20H,4-11H2,1-3H3,(H,18,21)(H,19,22). The van der Waals surface area contributed by atoms with Crippen molar-refractivity contribution in [3.05, 3.63) is 0 Å². The van der Waals surface area contributed by atoms with Crippen molar-refractivity contribution in [1.82, 2.24) is 16.0 Å². The van der Waals surface area contributed by atoms with Crippen LogP contribution in [0.5, 0.6) is 0 Å². The van der Waals surface area contributed by atoms with Crippen LogP contribution < -0.4 is 16.0 Å². The summed E-state index contributed by atoms with van der Waals surface area (Å²) in [5.41, 5.74) is -0.464. The summed E-state index contributed by atoms with van der Waals surface area (Å²) >= 11 is 0. The molecule has 1 aliphatic heterocycles. The molecular weight excluding hydrogens is 294 g/mol. The first-order chi connectivity index (χ1) is 10.8. The summed E-state index contributed by atoms with van der Waals surface area (Å²) in [6.45, 7) is 6.96. The van der Waals surface area contributed by atoms with Crippen LogP contribution in [0.2, 0.25) is 0 Å². The number of hydrogen-bond donors (Lipinski definition) is 3. The number of alkyl carbamates (subject to hydrolysis) is 1. The smallest absolute Gasteiger partial charge is 0.407 e. The number of piperidine rings is 1. The lowest BCUT2D eigenvalue weighted by molar-refractivity contribution is -0.122. The molecule has 1 aliphatic carbocycles. The van der Waals surface area contributed by atoms with Gasteiger partial charge in [0.1, 0.15) is 5.60 Å². The van der Waals surface area contributed by atoms with Crippen molar-refractivity contribution in [3.63, 3.8) is 0 Å². The van der Waals surface area contributed by atoms with Gasteiger partial charge in [-0.05, 0) is 46.0 Å². The normalized spacial score (nSPS) is 28.8. The summed E-state index contributed by atoms with van der Waals surface area (Å²) < 4.78 is 5.31. The van der Waals surface area contributed by atoms with Crippen molar-refractivity contribution in [2.75, 3.05) is 13.1 Å². The minimum atomic E-state index is -0.464. The summed E-state index contributed by atoms with van der Waals surface area (Å²) in [5.74, 6) is 0.573. The Morgan fingerprint density at radius 3 is 2.65 bits per heavy atom. The van der Waals surface area contributed by atoms with E-state index in [4.69, 9.17) is 4.74 Å². The minimum absolute atomic E-state index is 0.148. The number of rotatable bonds is 4. The summed E-state index contributed by atoms with van der Waals surface area (Å²) in [6, 6.07) is 0.749. The zero-order valence-electron chi connectivity index (χ0n) is 14.6. The molecule has 3 atom stereocenters. The van der Waals surface area contributed by atoms with Crippen LogP contribution in [0.4, 0.5) is 4.79 Å². The Morgan fingerprint density at radius 1 is 1.26 bits per heavy atom. The zero-order valence-corrected chi connectivity index (χ0v) is 14.6. The van der Waals surface area contributed by atoms with Gasteiger partial charge in [-0.1, -0.05) is 12.8 Å². The Morgan fingerprint density at radius 2 is 2.00 bits per heavy atom. The Bertz CT molecular complexity index is 410. The van der Waals surface area contributed by atoms with Gasteiger partial charge < -0.3 is 20.7 Å². The molecule has 1 heterocycles. The molecule has 0 spiro atoms. The lowest BCUT2D eigenvalue weighted by Gasteiger charge is -2.36. The summed E-state index contributed by atoms with van der Waals surface area (Å²) in [7, 11) is 0. The average molecular weight is 325 g/mol. The molecule has 0 radical (unpaired) electrons. The molecule has 132 valence electrons. The highest BCUT2D eigenvalue weighted by Gasteiger charge is 2.29. The predicted octanol–water partition coefficient (Wildman–Crippen LogP) is 1.94. The van der Waals surface area contributed by atoms with Crippen LogP contribution in [-0.4, -0.2) is 42.8 Å². The van der Waals surface area contributed by atoms with Gasteiger partial charge in [-0.25, -0.2) is 4.79 Å². The maximum absolute atomic E-state index is 11.8. The molecule has 2 fully saturated rings. The molecule has 6 heteroatoms. The lowest BCUT2D eigenvalue weighted by Crippen LogP contribution is -2.53. The third-order valence-corrected chi connectivity index (χ3v) is 4.53. The highest BCUT2D eigenvalue weighted by atomic mass is 16.6. The largest absolute Gasteiger partial charge is 0.444 e. The van der Waals surface area contributed by atoms with Gasteiger partial charge >= 0.3 is 6.09 Å². The Balaban J connectivity index is 1.79. The molecular formula is C17H31N3O3. The molecule has 2 rings (SSSR count). The van der Waals surface area contributed by atoms with E-state index < -0.39 is 5.60 Å². The maximum Gasteiger partial charge on any atom is 0.407 e. The third-order valence-electron chi connectivity index (χ3n) is 4.53. The minimum Gasteiger partial charge on any atom is -0.444 e. The average Bonchev–Trinajstić information content (AvgIpc) is 2.47. The second kappa shape index (κ2) is 7.99. The van der Waals surface area contributed by atoms with E-state index in [1.54, 1.807) is 0 Å². The van der Waals surface area contributed by atoms with Crippen LogP contribution in [0.15, 0.2) is 0 Å². The van der Waals surface area contributed by atoms with E-state index in [9.17, 15) is 9.59 Å². The van der Waals surface area contributed by atoms with E-state index in [0.717, 1.165) is 19.3 Å². The van der Waals surface area contributed by atoms with Gasteiger partial charge in [0.05, 0.1) is 0 Å². The second-order valence-electron chi connectivity index (χ2n) is 7.74. The lowest BCUT2D eigenvalue weighted by atomic mass is 9.83. The number of nitrogens with one attached hydrogen (secondary N) is 3. The summed E-state index contributed by atoms with van der Waals surface area (Å²) in [6.07, 6.45) is 5.84. The Kier molecular flexibility index (Phi) is 6.27. The van der Waals surface area contributed by atoms with Crippen molar-refractivity contribution in [2.45, 2.75) is 77.0 Å². The van der Waals surface area contributed by atoms with Crippen LogP contribution >= 0.6 is 0 Å². The molecule has 1 saturated heterocycles. The SMILES string of the molecule is CC(C)(C)OC(=O)NCC1CCCCC1NC1CCC(=O)NC1. The highest BCUT2D eigenvalue weighted by molar-refractivity contribution is 5.76. The Hall–Kier alpha value is -1.30. The van der Waals surface area contributed by atoms with Gasteiger partial charge in [0.15, 0.2) is 0 Å². The van der Waals surface area contributed by atoms with Gasteiger partial charge in [-0.15, -0.1) is 0 Å². The molecule has 0 aromatic heterocycles. The van der Waals surface area contributed by atoms with Crippen molar-refractivity contribution < 1.29 is 14.3 Å².